The monoisotopic (exact) mass is 343 g/mol. The zero-order valence-corrected chi connectivity index (χ0v) is 14.4. The van der Waals surface area contributed by atoms with Gasteiger partial charge in [-0.15, -0.1) is 0 Å². The summed E-state index contributed by atoms with van der Waals surface area (Å²) in [6.07, 6.45) is 8.96. The molecule has 1 aromatic carbocycles. The molecule has 1 saturated carbocycles. The Morgan fingerprint density at radius 1 is 1.04 bits per heavy atom. The number of aromatic amines is 1. The lowest BCUT2D eigenvalue weighted by Gasteiger charge is -2.14. The van der Waals surface area contributed by atoms with E-state index in [1.807, 2.05) is 18.5 Å². The number of hydrogen-bond donors (Lipinski definition) is 3. The van der Waals surface area contributed by atoms with Gasteiger partial charge in [0.25, 0.3) is 0 Å². The number of pyridine rings is 2. The van der Waals surface area contributed by atoms with E-state index in [4.69, 9.17) is 5.73 Å². The molecule has 4 N–H and O–H groups in total. The third-order valence-corrected chi connectivity index (χ3v) is 5.33. The van der Waals surface area contributed by atoms with E-state index in [-0.39, 0.29) is 0 Å². The molecule has 3 heterocycles. The normalized spacial score (nSPS) is 20.0. The van der Waals surface area contributed by atoms with Crippen molar-refractivity contribution in [2.75, 3.05) is 5.32 Å². The number of fused-ring (bicyclic) bond motifs is 2. The van der Waals surface area contributed by atoms with Crippen LogP contribution in [-0.4, -0.2) is 27.0 Å². The Kier molecular flexibility index (Phi) is 3.60. The molecule has 1 fully saturated rings. The maximum atomic E-state index is 6.04. The fraction of sp³-hybridized carbons (Fsp3) is 0.238. The van der Waals surface area contributed by atoms with Crippen LogP contribution in [0.15, 0.2) is 55.0 Å². The van der Waals surface area contributed by atoms with Gasteiger partial charge in [-0.3, -0.25) is 4.98 Å². The summed E-state index contributed by atoms with van der Waals surface area (Å²) in [6, 6.07) is 13.3. The number of benzene rings is 1. The Hall–Kier alpha value is -2.92. The van der Waals surface area contributed by atoms with E-state index >= 15 is 0 Å². The fourth-order valence-corrected chi connectivity index (χ4v) is 4.01. The minimum absolute atomic E-state index is 0.302. The van der Waals surface area contributed by atoms with Gasteiger partial charge in [-0.1, -0.05) is 18.2 Å². The van der Waals surface area contributed by atoms with E-state index in [1.165, 1.54) is 16.5 Å². The van der Waals surface area contributed by atoms with Crippen molar-refractivity contribution in [3.8, 4) is 11.1 Å². The Morgan fingerprint density at radius 2 is 1.96 bits per heavy atom. The van der Waals surface area contributed by atoms with Gasteiger partial charge >= 0.3 is 0 Å². The highest BCUT2D eigenvalue weighted by Gasteiger charge is 2.22. The number of para-hydroxylation sites is 1. The first-order valence-corrected chi connectivity index (χ1v) is 9.11. The maximum absolute atomic E-state index is 6.04. The summed E-state index contributed by atoms with van der Waals surface area (Å²) < 4.78 is 0. The first-order chi connectivity index (χ1) is 12.8. The first kappa shape index (κ1) is 15.3. The zero-order chi connectivity index (χ0) is 17.5. The van der Waals surface area contributed by atoms with E-state index < -0.39 is 0 Å². The largest absolute Gasteiger partial charge is 0.367 e. The second kappa shape index (κ2) is 6.11. The smallest absolute Gasteiger partial charge is 0.126 e. The van der Waals surface area contributed by atoms with Crippen LogP contribution >= 0.6 is 0 Å². The Balaban J connectivity index is 1.60. The molecule has 3 aromatic heterocycles. The fourth-order valence-electron chi connectivity index (χ4n) is 4.01. The zero-order valence-electron chi connectivity index (χ0n) is 14.4. The highest BCUT2D eigenvalue weighted by molar-refractivity contribution is 6.04. The SMILES string of the molecule is N[C@H]1CC[C@@H](Nc2cc3c(-c4c[nH]c5ccccc45)ccnc3cn2)C1. The van der Waals surface area contributed by atoms with Gasteiger partial charge in [-0.2, -0.15) is 0 Å². The molecule has 0 saturated heterocycles. The Labute approximate surface area is 151 Å². The standard InChI is InChI=1S/C21H21N5/c22-13-5-6-14(9-13)26-21-10-17-15(7-8-23-20(17)12-25-21)18-11-24-19-4-2-1-3-16(18)19/h1-4,7-8,10-14,24H,5-6,9,22H2,(H,25,26)/t13-,14+/m0/s1. The van der Waals surface area contributed by atoms with Crippen LogP contribution in [0.25, 0.3) is 32.9 Å². The number of rotatable bonds is 3. The van der Waals surface area contributed by atoms with Crippen LogP contribution < -0.4 is 11.1 Å². The van der Waals surface area contributed by atoms with Gasteiger partial charge in [0.05, 0.1) is 11.7 Å². The van der Waals surface area contributed by atoms with Crippen LogP contribution in [0.3, 0.4) is 0 Å². The number of anilines is 1. The number of aromatic nitrogens is 3. The number of nitrogens with one attached hydrogen (secondary N) is 2. The van der Waals surface area contributed by atoms with Crippen molar-refractivity contribution < 1.29 is 0 Å². The van der Waals surface area contributed by atoms with Crippen LogP contribution in [0, 0.1) is 0 Å². The second-order valence-electron chi connectivity index (χ2n) is 7.11. The van der Waals surface area contributed by atoms with Crippen LogP contribution in [0.1, 0.15) is 19.3 Å². The molecule has 5 nitrogen and oxygen atoms in total. The summed E-state index contributed by atoms with van der Waals surface area (Å²) in [5.74, 6) is 0.894. The molecule has 4 aromatic rings. The van der Waals surface area contributed by atoms with Crippen LogP contribution in [0.4, 0.5) is 5.82 Å². The third kappa shape index (κ3) is 2.61. The number of nitrogens with zero attached hydrogens (tertiary/aromatic N) is 2. The molecule has 1 aliphatic carbocycles. The van der Waals surface area contributed by atoms with Crippen LogP contribution in [-0.2, 0) is 0 Å². The summed E-state index contributed by atoms with van der Waals surface area (Å²) >= 11 is 0. The molecule has 0 aliphatic heterocycles. The van der Waals surface area contributed by atoms with E-state index in [2.05, 4.69) is 56.8 Å². The molecule has 0 amide bonds. The van der Waals surface area contributed by atoms with Crippen LogP contribution in [0.2, 0.25) is 0 Å². The molecular weight excluding hydrogens is 322 g/mol. The average Bonchev–Trinajstić information content (AvgIpc) is 3.27. The molecule has 0 bridgehead atoms. The molecular formula is C21H21N5. The highest BCUT2D eigenvalue weighted by atomic mass is 15.0. The van der Waals surface area contributed by atoms with Gasteiger partial charge in [0.15, 0.2) is 0 Å². The Morgan fingerprint density at radius 3 is 2.85 bits per heavy atom. The number of nitrogens with two attached hydrogens (primary N) is 1. The van der Waals surface area contributed by atoms with Crippen molar-refractivity contribution in [3.63, 3.8) is 0 Å². The Bertz CT molecular complexity index is 1080. The lowest BCUT2D eigenvalue weighted by Crippen LogP contribution is -2.21. The van der Waals surface area contributed by atoms with Crippen molar-refractivity contribution in [1.29, 1.82) is 0 Å². The summed E-state index contributed by atoms with van der Waals surface area (Å²) in [5.41, 5.74) is 10.4. The van der Waals surface area contributed by atoms with Crippen molar-refractivity contribution in [2.24, 2.45) is 5.73 Å². The van der Waals surface area contributed by atoms with Gasteiger partial charge in [0, 0.05) is 46.3 Å². The highest BCUT2D eigenvalue weighted by Crippen LogP contribution is 2.34. The third-order valence-electron chi connectivity index (χ3n) is 5.33. The molecule has 26 heavy (non-hydrogen) atoms. The quantitative estimate of drug-likeness (QED) is 0.524. The topological polar surface area (TPSA) is 79.6 Å². The van der Waals surface area contributed by atoms with Crippen molar-refractivity contribution in [2.45, 2.75) is 31.3 Å². The summed E-state index contributed by atoms with van der Waals surface area (Å²) in [7, 11) is 0. The van der Waals surface area contributed by atoms with Crippen LogP contribution in [0.5, 0.6) is 0 Å². The summed E-state index contributed by atoms with van der Waals surface area (Å²) in [4.78, 5) is 12.4. The lowest BCUT2D eigenvalue weighted by atomic mass is 10.0. The number of hydrogen-bond acceptors (Lipinski definition) is 4. The molecule has 0 unspecified atom stereocenters. The predicted octanol–water partition coefficient (Wildman–Crippen LogP) is 4.07. The maximum Gasteiger partial charge on any atom is 0.126 e. The molecule has 1 aliphatic rings. The van der Waals surface area contributed by atoms with E-state index in [0.717, 1.165) is 41.5 Å². The molecule has 130 valence electrons. The van der Waals surface area contributed by atoms with Gasteiger partial charge in [-0.05, 0) is 43.0 Å². The molecule has 2 atom stereocenters. The predicted molar refractivity (Wildman–Crippen MR) is 106 cm³/mol. The van der Waals surface area contributed by atoms with Gasteiger partial charge < -0.3 is 16.0 Å². The van der Waals surface area contributed by atoms with Crippen molar-refractivity contribution in [1.82, 2.24) is 15.0 Å². The van der Waals surface area contributed by atoms with Gasteiger partial charge in [0.1, 0.15) is 5.82 Å². The molecule has 0 spiro atoms. The van der Waals surface area contributed by atoms with Gasteiger partial charge in [0.2, 0.25) is 0 Å². The minimum atomic E-state index is 0.302. The van der Waals surface area contributed by atoms with E-state index in [9.17, 15) is 0 Å². The number of H-pyrrole nitrogens is 1. The van der Waals surface area contributed by atoms with Crippen molar-refractivity contribution in [3.05, 3.63) is 55.0 Å². The van der Waals surface area contributed by atoms with Gasteiger partial charge in [-0.25, -0.2) is 4.98 Å². The summed E-state index contributed by atoms with van der Waals surface area (Å²) in [6.45, 7) is 0. The molecule has 0 radical (unpaired) electrons. The van der Waals surface area contributed by atoms with Crippen molar-refractivity contribution >= 4 is 27.6 Å². The van der Waals surface area contributed by atoms with E-state index in [0.29, 0.717) is 12.1 Å². The molecule has 5 heteroatoms. The average molecular weight is 343 g/mol. The molecule has 5 rings (SSSR count). The summed E-state index contributed by atoms with van der Waals surface area (Å²) in [5, 5.41) is 5.87. The minimum Gasteiger partial charge on any atom is -0.367 e. The first-order valence-electron chi connectivity index (χ1n) is 9.11. The van der Waals surface area contributed by atoms with E-state index in [1.54, 1.807) is 0 Å². The second-order valence-corrected chi connectivity index (χ2v) is 7.11. The lowest BCUT2D eigenvalue weighted by molar-refractivity contribution is 0.687.